The van der Waals surface area contributed by atoms with Gasteiger partial charge in [0.1, 0.15) is 5.75 Å². The van der Waals surface area contributed by atoms with E-state index < -0.39 is 0 Å². The Morgan fingerprint density at radius 2 is 1.67 bits per heavy atom. The molecular formula is C23H18ClN3O2S. The lowest BCUT2D eigenvalue weighted by Gasteiger charge is -2.11. The lowest BCUT2D eigenvalue weighted by Crippen LogP contribution is -2.05. The maximum atomic E-state index is 12.7. The summed E-state index contributed by atoms with van der Waals surface area (Å²) in [6.07, 6.45) is 0. The zero-order valence-corrected chi connectivity index (χ0v) is 17.7. The first-order chi connectivity index (χ1) is 14.7. The van der Waals surface area contributed by atoms with Gasteiger partial charge in [0.2, 0.25) is 0 Å². The molecule has 3 aromatic carbocycles. The van der Waals surface area contributed by atoms with Gasteiger partial charge in [0.25, 0.3) is 0 Å². The van der Waals surface area contributed by atoms with E-state index in [4.69, 9.17) is 16.3 Å². The maximum absolute atomic E-state index is 12.7. The first-order valence-electron chi connectivity index (χ1n) is 9.23. The van der Waals surface area contributed by atoms with Crippen molar-refractivity contribution in [3.05, 3.63) is 89.4 Å². The van der Waals surface area contributed by atoms with Crippen LogP contribution < -0.4 is 4.74 Å². The summed E-state index contributed by atoms with van der Waals surface area (Å²) >= 11 is 7.49. The third-order valence-corrected chi connectivity index (χ3v) is 5.76. The van der Waals surface area contributed by atoms with Crippen LogP contribution in [-0.4, -0.2) is 33.4 Å². The van der Waals surface area contributed by atoms with Gasteiger partial charge >= 0.3 is 0 Å². The number of hydrogen-bond acceptors (Lipinski definition) is 5. The van der Waals surface area contributed by atoms with E-state index in [-0.39, 0.29) is 11.5 Å². The summed E-state index contributed by atoms with van der Waals surface area (Å²) in [5.74, 6) is 1.60. The van der Waals surface area contributed by atoms with E-state index in [2.05, 4.69) is 10.2 Å². The van der Waals surface area contributed by atoms with Crippen molar-refractivity contribution in [1.29, 1.82) is 0 Å². The van der Waals surface area contributed by atoms with Gasteiger partial charge in [0, 0.05) is 16.8 Å². The largest absolute Gasteiger partial charge is 0.497 e. The van der Waals surface area contributed by atoms with Gasteiger partial charge in [-0.2, -0.15) is 0 Å². The Bertz CT molecular complexity index is 1160. The molecule has 0 aliphatic rings. The van der Waals surface area contributed by atoms with Gasteiger partial charge in [-0.05, 0) is 36.4 Å². The summed E-state index contributed by atoms with van der Waals surface area (Å²) in [5.41, 5.74) is 2.32. The highest BCUT2D eigenvalue weighted by Crippen LogP contribution is 2.29. The van der Waals surface area contributed by atoms with E-state index in [1.54, 1.807) is 31.4 Å². The van der Waals surface area contributed by atoms with Crippen LogP contribution >= 0.6 is 23.4 Å². The number of aromatic nitrogens is 3. The molecule has 5 nitrogen and oxygen atoms in total. The fourth-order valence-corrected chi connectivity index (χ4v) is 4.07. The van der Waals surface area contributed by atoms with Crippen LogP contribution in [0, 0.1) is 0 Å². The maximum Gasteiger partial charge on any atom is 0.196 e. The number of Topliss-reactive ketones (excluding diaryl/α,β-unsaturated/α-hetero) is 1. The van der Waals surface area contributed by atoms with Gasteiger partial charge in [-0.25, -0.2) is 0 Å². The SMILES string of the molecule is COc1ccc(-n2c(SCC(=O)c3ccccc3Cl)nnc2-c2ccccc2)cc1. The van der Waals surface area contributed by atoms with Crippen molar-refractivity contribution in [1.82, 2.24) is 14.8 Å². The van der Waals surface area contributed by atoms with Crippen molar-refractivity contribution in [2.45, 2.75) is 5.16 Å². The van der Waals surface area contributed by atoms with Gasteiger partial charge in [-0.3, -0.25) is 9.36 Å². The first-order valence-corrected chi connectivity index (χ1v) is 10.6. The number of halogens is 1. The van der Waals surface area contributed by atoms with Crippen LogP contribution in [0.3, 0.4) is 0 Å². The van der Waals surface area contributed by atoms with E-state index in [0.29, 0.717) is 21.6 Å². The molecule has 150 valence electrons. The molecule has 0 atom stereocenters. The summed E-state index contributed by atoms with van der Waals surface area (Å²) in [6, 6.07) is 24.5. The predicted molar refractivity (Wildman–Crippen MR) is 120 cm³/mol. The number of ether oxygens (including phenoxy) is 1. The van der Waals surface area contributed by atoms with Crippen LogP contribution in [-0.2, 0) is 0 Å². The molecule has 1 aromatic heterocycles. The smallest absolute Gasteiger partial charge is 0.196 e. The number of ketones is 1. The summed E-state index contributed by atoms with van der Waals surface area (Å²) in [6.45, 7) is 0. The standard InChI is InChI=1S/C23H18ClN3O2S/c1-29-18-13-11-17(12-14-18)27-22(16-7-3-2-4-8-16)25-26-23(27)30-15-21(28)19-9-5-6-10-20(19)24/h2-14H,15H2,1H3. The van der Waals surface area contributed by atoms with Crippen molar-refractivity contribution < 1.29 is 9.53 Å². The minimum absolute atomic E-state index is 0.0591. The molecule has 0 N–H and O–H groups in total. The molecule has 0 bridgehead atoms. The van der Waals surface area contributed by atoms with Gasteiger partial charge in [0.15, 0.2) is 16.8 Å². The number of nitrogens with zero attached hydrogens (tertiary/aromatic N) is 3. The molecule has 1 heterocycles. The second-order valence-corrected chi connectivity index (χ2v) is 7.75. The molecule has 0 radical (unpaired) electrons. The molecule has 7 heteroatoms. The Balaban J connectivity index is 1.68. The molecule has 0 aliphatic carbocycles. The van der Waals surface area contributed by atoms with Crippen LogP contribution in [0.15, 0.2) is 84.0 Å². The number of carbonyl (C=O) groups excluding carboxylic acids is 1. The highest BCUT2D eigenvalue weighted by atomic mass is 35.5. The van der Waals surface area contributed by atoms with E-state index in [1.807, 2.05) is 59.2 Å². The topological polar surface area (TPSA) is 57.0 Å². The molecule has 0 unspecified atom stereocenters. The highest BCUT2D eigenvalue weighted by Gasteiger charge is 2.18. The van der Waals surface area contributed by atoms with Crippen LogP contribution in [0.2, 0.25) is 5.02 Å². The number of benzene rings is 3. The molecule has 0 amide bonds. The first kappa shape index (κ1) is 20.2. The Morgan fingerprint density at radius 3 is 2.37 bits per heavy atom. The molecule has 4 aromatic rings. The molecule has 0 saturated heterocycles. The molecule has 0 aliphatic heterocycles. The molecular weight excluding hydrogens is 418 g/mol. The van der Waals surface area contributed by atoms with Crippen molar-refractivity contribution in [2.24, 2.45) is 0 Å². The minimum Gasteiger partial charge on any atom is -0.497 e. The normalized spacial score (nSPS) is 10.7. The molecule has 0 fully saturated rings. The van der Waals surface area contributed by atoms with Crippen LogP contribution in [0.25, 0.3) is 17.1 Å². The minimum atomic E-state index is -0.0591. The van der Waals surface area contributed by atoms with Gasteiger partial charge in [-0.1, -0.05) is 65.8 Å². The molecule has 30 heavy (non-hydrogen) atoms. The van der Waals surface area contributed by atoms with E-state index in [9.17, 15) is 4.79 Å². The second kappa shape index (κ2) is 9.15. The summed E-state index contributed by atoms with van der Waals surface area (Å²) in [5, 5.41) is 9.83. The Kier molecular flexibility index (Phi) is 6.16. The van der Waals surface area contributed by atoms with Gasteiger partial charge in [0.05, 0.1) is 17.9 Å². The highest BCUT2D eigenvalue weighted by molar-refractivity contribution is 7.99. The Hall–Kier alpha value is -3.09. The molecule has 0 saturated carbocycles. The third kappa shape index (κ3) is 4.25. The fraction of sp³-hybridized carbons (Fsp3) is 0.0870. The van der Waals surface area contributed by atoms with Crippen molar-refractivity contribution in [3.8, 4) is 22.8 Å². The van der Waals surface area contributed by atoms with Gasteiger partial charge in [-0.15, -0.1) is 10.2 Å². The van der Waals surface area contributed by atoms with Crippen LogP contribution in [0.1, 0.15) is 10.4 Å². The number of rotatable bonds is 7. The van der Waals surface area contributed by atoms with E-state index >= 15 is 0 Å². The molecule has 4 rings (SSSR count). The lowest BCUT2D eigenvalue weighted by molar-refractivity contribution is 0.102. The second-order valence-electron chi connectivity index (χ2n) is 6.40. The van der Waals surface area contributed by atoms with E-state index in [1.165, 1.54) is 11.8 Å². The zero-order chi connectivity index (χ0) is 20.9. The zero-order valence-electron chi connectivity index (χ0n) is 16.2. The van der Waals surface area contributed by atoms with Crippen molar-refractivity contribution >= 4 is 29.1 Å². The number of carbonyl (C=O) groups is 1. The van der Waals surface area contributed by atoms with Crippen LogP contribution in [0.5, 0.6) is 5.75 Å². The average Bonchev–Trinajstić information content (AvgIpc) is 3.22. The van der Waals surface area contributed by atoms with Crippen molar-refractivity contribution in [2.75, 3.05) is 12.9 Å². The quantitative estimate of drug-likeness (QED) is 0.280. The Labute approximate surface area is 183 Å². The van der Waals surface area contributed by atoms with E-state index in [0.717, 1.165) is 17.0 Å². The lowest BCUT2D eigenvalue weighted by atomic mass is 10.1. The average molecular weight is 436 g/mol. The number of methoxy groups -OCH3 is 1. The number of hydrogen-bond donors (Lipinski definition) is 0. The fourth-order valence-electron chi connectivity index (χ4n) is 3.00. The Morgan fingerprint density at radius 1 is 0.967 bits per heavy atom. The molecule has 0 spiro atoms. The predicted octanol–water partition coefficient (Wildman–Crippen LogP) is 5.57. The summed E-state index contributed by atoms with van der Waals surface area (Å²) in [4.78, 5) is 12.7. The van der Waals surface area contributed by atoms with Crippen LogP contribution in [0.4, 0.5) is 0 Å². The summed E-state index contributed by atoms with van der Waals surface area (Å²) < 4.78 is 7.21. The number of thioether (sulfide) groups is 1. The van der Waals surface area contributed by atoms with Gasteiger partial charge < -0.3 is 4.74 Å². The monoisotopic (exact) mass is 435 g/mol. The van der Waals surface area contributed by atoms with Crippen molar-refractivity contribution in [3.63, 3.8) is 0 Å². The summed E-state index contributed by atoms with van der Waals surface area (Å²) in [7, 11) is 1.63. The third-order valence-electron chi connectivity index (χ3n) is 4.50.